The van der Waals surface area contributed by atoms with Gasteiger partial charge in [-0.1, -0.05) is 54.6 Å². The Labute approximate surface area is 148 Å². The maximum absolute atomic E-state index is 3.65. The van der Waals surface area contributed by atoms with Gasteiger partial charge in [-0.05, 0) is 65.8 Å². The number of aromatic nitrogens is 1. The third-order valence-electron chi connectivity index (χ3n) is 5.63. The quantitative estimate of drug-likeness (QED) is 0.449. The van der Waals surface area contributed by atoms with Crippen LogP contribution in [-0.2, 0) is 6.42 Å². The molecule has 2 aliphatic carbocycles. The van der Waals surface area contributed by atoms with Crippen molar-refractivity contribution in [2.45, 2.75) is 26.2 Å². The lowest BCUT2D eigenvalue weighted by molar-refractivity contribution is 0.849. The zero-order chi connectivity index (χ0) is 17.0. The fourth-order valence-electron chi connectivity index (χ4n) is 4.34. The second-order valence-corrected chi connectivity index (χ2v) is 7.24. The van der Waals surface area contributed by atoms with Crippen LogP contribution in [0.3, 0.4) is 0 Å². The summed E-state index contributed by atoms with van der Waals surface area (Å²) < 4.78 is 0. The third-order valence-corrected chi connectivity index (χ3v) is 5.63. The van der Waals surface area contributed by atoms with E-state index in [1.54, 1.807) is 0 Å². The number of pyridine rings is 1. The number of rotatable bonds is 2. The Balaban J connectivity index is 1.69. The lowest BCUT2D eigenvalue weighted by Crippen LogP contribution is -2.03. The Morgan fingerprint density at radius 2 is 1.80 bits per heavy atom. The van der Waals surface area contributed by atoms with E-state index in [0.717, 1.165) is 6.42 Å². The van der Waals surface area contributed by atoms with Crippen molar-refractivity contribution in [3.63, 3.8) is 0 Å². The van der Waals surface area contributed by atoms with Crippen molar-refractivity contribution in [2.24, 2.45) is 0 Å². The van der Waals surface area contributed by atoms with Crippen LogP contribution < -0.4 is 0 Å². The molecule has 1 nitrogen and oxygen atoms in total. The van der Waals surface area contributed by atoms with Gasteiger partial charge in [0.05, 0.1) is 0 Å². The lowest BCUT2D eigenvalue weighted by atomic mass is 9.88. The van der Waals surface area contributed by atoms with Crippen LogP contribution in [0.25, 0.3) is 28.2 Å². The molecule has 1 aliphatic heterocycles. The molecule has 0 saturated heterocycles. The van der Waals surface area contributed by atoms with E-state index in [4.69, 9.17) is 0 Å². The van der Waals surface area contributed by atoms with Crippen molar-refractivity contribution in [1.29, 1.82) is 0 Å². The van der Waals surface area contributed by atoms with Crippen molar-refractivity contribution in [3.8, 4) is 11.3 Å². The average Bonchev–Trinajstić information content (AvgIpc) is 3.23. The van der Waals surface area contributed by atoms with Crippen molar-refractivity contribution in [1.82, 2.24) is 4.98 Å². The van der Waals surface area contributed by atoms with E-state index in [1.165, 1.54) is 50.0 Å². The fourth-order valence-corrected chi connectivity index (χ4v) is 4.34. The molecule has 3 aliphatic rings. The summed E-state index contributed by atoms with van der Waals surface area (Å²) in [6.07, 6.45) is 5.68. The van der Waals surface area contributed by atoms with Gasteiger partial charge in [0.25, 0.3) is 0 Å². The summed E-state index contributed by atoms with van der Waals surface area (Å²) in [6, 6.07) is 19.9. The van der Waals surface area contributed by atoms with Crippen LogP contribution >= 0.6 is 0 Å². The number of H-pyrrole nitrogens is 1. The molecule has 0 saturated carbocycles. The first-order valence-corrected chi connectivity index (χ1v) is 8.98. The molecule has 2 aromatic carbocycles. The highest BCUT2D eigenvalue weighted by Crippen LogP contribution is 2.37. The van der Waals surface area contributed by atoms with Gasteiger partial charge < -0.3 is 4.98 Å². The molecule has 0 fully saturated rings. The van der Waals surface area contributed by atoms with Crippen LogP contribution in [0.4, 0.5) is 0 Å². The number of aromatic amines is 1. The van der Waals surface area contributed by atoms with Gasteiger partial charge >= 0.3 is 0 Å². The molecule has 1 unspecified atom stereocenters. The summed E-state index contributed by atoms with van der Waals surface area (Å²) in [4.78, 5) is 3.65. The molecular weight excluding hydrogens is 302 g/mol. The number of benzene rings is 2. The second kappa shape index (κ2) is 5.35. The van der Waals surface area contributed by atoms with E-state index < -0.39 is 0 Å². The molecule has 1 N–H and O–H groups in total. The van der Waals surface area contributed by atoms with Crippen LogP contribution in [-0.4, -0.2) is 4.98 Å². The van der Waals surface area contributed by atoms with Gasteiger partial charge in [0, 0.05) is 22.5 Å². The zero-order valence-corrected chi connectivity index (χ0v) is 14.6. The molecule has 0 spiro atoms. The molecule has 0 radical (unpaired) electrons. The summed E-state index contributed by atoms with van der Waals surface area (Å²) in [5.74, 6) is 0.469. The monoisotopic (exact) mass is 323 g/mol. The summed E-state index contributed by atoms with van der Waals surface area (Å²) in [5.41, 5.74) is 10.8. The van der Waals surface area contributed by atoms with Crippen molar-refractivity contribution >= 4 is 17.0 Å². The van der Waals surface area contributed by atoms with Gasteiger partial charge in [-0.25, -0.2) is 0 Å². The van der Waals surface area contributed by atoms with E-state index >= 15 is 0 Å². The molecule has 25 heavy (non-hydrogen) atoms. The Morgan fingerprint density at radius 3 is 2.72 bits per heavy atom. The minimum absolute atomic E-state index is 0.469. The highest BCUT2D eigenvalue weighted by atomic mass is 14.7. The summed E-state index contributed by atoms with van der Waals surface area (Å²) >= 11 is 0. The summed E-state index contributed by atoms with van der Waals surface area (Å²) in [7, 11) is 0. The molecule has 0 aromatic heterocycles. The molecule has 2 aromatic rings. The van der Waals surface area contributed by atoms with Gasteiger partial charge in [0.1, 0.15) is 0 Å². The number of allylic oxidation sites excluding steroid dienone is 1. The van der Waals surface area contributed by atoms with E-state index in [9.17, 15) is 0 Å². The number of nitrogens with one attached hydrogen (secondary N) is 1. The van der Waals surface area contributed by atoms with Gasteiger partial charge in [-0.2, -0.15) is 0 Å². The first kappa shape index (κ1) is 14.5. The summed E-state index contributed by atoms with van der Waals surface area (Å²) in [5, 5.41) is 1.37. The number of hydrogen-bond donors (Lipinski definition) is 1. The van der Waals surface area contributed by atoms with Crippen molar-refractivity contribution in [2.75, 3.05) is 0 Å². The van der Waals surface area contributed by atoms with E-state index in [1.807, 2.05) is 0 Å². The van der Waals surface area contributed by atoms with E-state index in [-0.39, 0.29) is 0 Å². The highest BCUT2D eigenvalue weighted by Gasteiger charge is 2.20. The topological polar surface area (TPSA) is 15.8 Å². The number of hydrogen-bond acceptors (Lipinski definition) is 0. The predicted octanol–water partition coefficient (Wildman–Crippen LogP) is 6.24. The second-order valence-electron chi connectivity index (χ2n) is 7.24. The average molecular weight is 323 g/mol. The van der Waals surface area contributed by atoms with Crippen molar-refractivity contribution in [3.05, 3.63) is 88.5 Å². The van der Waals surface area contributed by atoms with Gasteiger partial charge in [-0.15, -0.1) is 0 Å². The molecule has 5 rings (SSSR count). The smallest absolute Gasteiger partial charge is 0.0490 e. The van der Waals surface area contributed by atoms with Crippen LogP contribution in [0.2, 0.25) is 0 Å². The minimum atomic E-state index is 0.469. The molecular formula is C24H21N. The number of fused-ring (bicyclic) bond motifs is 3. The fraction of sp³-hybridized carbons (Fsp3) is 0.167. The molecule has 0 amide bonds. The first-order chi connectivity index (χ1) is 12.2. The third kappa shape index (κ3) is 2.23. The number of aryl methyl sites for hydroxylation is 2. The highest BCUT2D eigenvalue weighted by molar-refractivity contribution is 5.91. The van der Waals surface area contributed by atoms with Crippen LogP contribution in [0, 0.1) is 13.8 Å². The van der Waals surface area contributed by atoms with E-state index in [0.29, 0.717) is 5.92 Å². The molecule has 1 heteroatoms. The Kier molecular flexibility index (Phi) is 3.11. The maximum Gasteiger partial charge on any atom is 0.0490 e. The molecule has 122 valence electrons. The summed E-state index contributed by atoms with van der Waals surface area (Å²) in [6.45, 7) is 4.46. The minimum Gasteiger partial charge on any atom is -0.354 e. The van der Waals surface area contributed by atoms with Crippen LogP contribution in [0.5, 0.6) is 0 Å². The van der Waals surface area contributed by atoms with Gasteiger partial charge in [0.15, 0.2) is 0 Å². The maximum atomic E-state index is 3.65. The van der Waals surface area contributed by atoms with Crippen LogP contribution in [0.15, 0.2) is 60.7 Å². The standard InChI is InChI=1S/C24H21N/c1-15-12-16(2)24-22(14-19-7-5-9-23(19)25-24)21(15)13-18-11-10-17-6-3-4-8-20(17)18/h3-12,14,18,25H,13H2,1-2H3. The largest absolute Gasteiger partial charge is 0.354 e. The molecule has 1 heterocycles. The van der Waals surface area contributed by atoms with Crippen LogP contribution in [0.1, 0.15) is 33.7 Å². The Bertz CT molecular complexity index is 1100. The zero-order valence-electron chi connectivity index (χ0n) is 14.6. The molecule has 0 bridgehead atoms. The lowest BCUT2D eigenvalue weighted by Gasteiger charge is -2.18. The predicted molar refractivity (Wildman–Crippen MR) is 106 cm³/mol. The normalized spacial score (nSPS) is 16.0. The molecule has 1 atom stereocenters. The first-order valence-electron chi connectivity index (χ1n) is 8.98. The Hall–Kier alpha value is -2.80. The van der Waals surface area contributed by atoms with Crippen molar-refractivity contribution < 1.29 is 0 Å². The van der Waals surface area contributed by atoms with Gasteiger partial charge in [-0.3, -0.25) is 0 Å². The Morgan fingerprint density at radius 1 is 0.920 bits per heavy atom. The van der Waals surface area contributed by atoms with E-state index in [2.05, 4.69) is 85.6 Å². The SMILES string of the molecule is Cc1cc(C)c2[nH]c3cccc-3cc2c1CC1C=Cc2ccccc21. The van der Waals surface area contributed by atoms with Gasteiger partial charge in [0.2, 0.25) is 0 Å².